The van der Waals surface area contributed by atoms with Crippen molar-refractivity contribution >= 4 is 5.91 Å². The first kappa shape index (κ1) is 77.0. The van der Waals surface area contributed by atoms with Gasteiger partial charge in [-0.05, 0) is 12.8 Å². The van der Waals surface area contributed by atoms with E-state index in [1.165, 1.54) is 199 Å². The lowest BCUT2D eigenvalue weighted by Crippen LogP contribution is -2.66. The van der Waals surface area contributed by atoms with E-state index < -0.39 is 124 Å². The van der Waals surface area contributed by atoms with Crippen LogP contribution in [0.25, 0.3) is 0 Å². The number of unbranched alkanes of at least 4 members (excludes halogenated alkanes) is 37. The summed E-state index contributed by atoms with van der Waals surface area (Å²) in [7, 11) is 0. The Hall–Kier alpha value is -1.21. The Kier molecular flexibility index (Phi) is 44.6. The van der Waals surface area contributed by atoms with Crippen LogP contribution >= 0.6 is 0 Å². The molecule has 17 unspecified atom stereocenters. The van der Waals surface area contributed by atoms with Gasteiger partial charge in [-0.3, -0.25) is 4.79 Å². The van der Waals surface area contributed by atoms with E-state index in [1.54, 1.807) is 0 Å². The molecule has 12 N–H and O–H groups in total. The third-order valence-electron chi connectivity index (χ3n) is 17.7. The molecule has 0 radical (unpaired) electrons. The van der Waals surface area contributed by atoms with E-state index in [0.717, 1.165) is 44.9 Å². The van der Waals surface area contributed by atoms with Gasteiger partial charge in [0.25, 0.3) is 0 Å². The number of amides is 1. The molecule has 3 saturated heterocycles. The monoisotopic (exact) mass is 1210 g/mol. The van der Waals surface area contributed by atoms with Gasteiger partial charge in [0, 0.05) is 6.42 Å². The lowest BCUT2D eigenvalue weighted by molar-refractivity contribution is -0.379. The topological polar surface area (TPSA) is 307 Å². The summed E-state index contributed by atoms with van der Waals surface area (Å²) in [5.41, 5.74) is 0. The number of ether oxygens (including phenoxy) is 6. The van der Waals surface area contributed by atoms with Crippen LogP contribution in [0.2, 0.25) is 0 Å². The number of hydrogen-bond acceptors (Lipinski definition) is 18. The van der Waals surface area contributed by atoms with Crippen LogP contribution in [0.3, 0.4) is 0 Å². The van der Waals surface area contributed by atoms with Crippen molar-refractivity contribution in [2.24, 2.45) is 0 Å². The fourth-order valence-corrected chi connectivity index (χ4v) is 12.1. The second-order valence-electron chi connectivity index (χ2n) is 25.0. The molecule has 0 spiro atoms. The van der Waals surface area contributed by atoms with Crippen LogP contribution in [0.4, 0.5) is 0 Å². The number of carbonyl (C=O) groups excluding carboxylic acids is 1. The van der Waals surface area contributed by atoms with Crippen molar-refractivity contribution in [2.75, 3.05) is 26.4 Å². The first-order valence-corrected chi connectivity index (χ1v) is 34.3. The number of carbonyl (C=O) groups is 1. The second kappa shape index (κ2) is 48.6. The van der Waals surface area contributed by atoms with Gasteiger partial charge >= 0.3 is 0 Å². The third-order valence-corrected chi connectivity index (χ3v) is 17.7. The fraction of sp³-hybridized carbons (Fsp3) is 0.985. The van der Waals surface area contributed by atoms with Gasteiger partial charge in [0.1, 0.15) is 73.2 Å². The Morgan fingerprint density at radius 3 is 1.04 bits per heavy atom. The highest BCUT2D eigenvalue weighted by molar-refractivity contribution is 5.76. The Morgan fingerprint density at radius 1 is 0.381 bits per heavy atom. The van der Waals surface area contributed by atoms with Crippen LogP contribution in [-0.4, -0.2) is 193 Å². The number of rotatable bonds is 53. The van der Waals surface area contributed by atoms with E-state index >= 15 is 0 Å². The molecule has 1 amide bonds. The summed E-state index contributed by atoms with van der Waals surface area (Å²) in [6.45, 7) is 1.82. The van der Waals surface area contributed by atoms with Gasteiger partial charge in [0.15, 0.2) is 18.9 Å². The minimum absolute atomic E-state index is 0.239. The first-order valence-electron chi connectivity index (χ1n) is 34.3. The normalized spacial score (nSPS) is 29.1. The van der Waals surface area contributed by atoms with Crippen molar-refractivity contribution in [1.29, 1.82) is 0 Å². The molecule has 19 nitrogen and oxygen atoms in total. The fourth-order valence-electron chi connectivity index (χ4n) is 12.1. The van der Waals surface area contributed by atoms with Crippen molar-refractivity contribution in [3.63, 3.8) is 0 Å². The van der Waals surface area contributed by atoms with Crippen LogP contribution in [0, 0.1) is 0 Å². The van der Waals surface area contributed by atoms with E-state index in [-0.39, 0.29) is 18.9 Å². The number of aliphatic hydroxyl groups excluding tert-OH is 11. The molecule has 0 saturated carbocycles. The number of nitrogens with one attached hydrogen (secondary N) is 1. The highest BCUT2D eigenvalue weighted by Crippen LogP contribution is 2.33. The van der Waals surface area contributed by atoms with Crippen LogP contribution in [-0.2, 0) is 33.2 Å². The molecule has 0 aromatic carbocycles. The van der Waals surface area contributed by atoms with Gasteiger partial charge in [-0.2, -0.15) is 0 Å². The average Bonchev–Trinajstić information content (AvgIpc) is 2.94. The summed E-state index contributed by atoms with van der Waals surface area (Å²) in [4.78, 5) is 13.3. The molecule has 498 valence electrons. The zero-order valence-electron chi connectivity index (χ0n) is 52.4. The Morgan fingerprint density at radius 2 is 0.679 bits per heavy atom. The zero-order chi connectivity index (χ0) is 61.2. The summed E-state index contributed by atoms with van der Waals surface area (Å²) in [5, 5.41) is 120. The van der Waals surface area contributed by atoms with Crippen molar-refractivity contribution in [3.05, 3.63) is 0 Å². The van der Waals surface area contributed by atoms with Crippen molar-refractivity contribution in [1.82, 2.24) is 5.32 Å². The minimum Gasteiger partial charge on any atom is -0.394 e. The van der Waals surface area contributed by atoms with Gasteiger partial charge in [-0.1, -0.05) is 258 Å². The van der Waals surface area contributed by atoms with Crippen LogP contribution in [0.1, 0.15) is 277 Å². The molecule has 17 atom stereocenters. The van der Waals surface area contributed by atoms with Crippen molar-refractivity contribution < 1.29 is 89.4 Å². The predicted molar refractivity (Wildman–Crippen MR) is 324 cm³/mol. The molecule has 3 fully saturated rings. The zero-order valence-corrected chi connectivity index (χ0v) is 52.4. The Labute approximate surface area is 506 Å². The molecular formula is C65H125NO18. The lowest BCUT2D eigenvalue weighted by atomic mass is 9.96. The predicted octanol–water partition coefficient (Wildman–Crippen LogP) is 8.33. The smallest absolute Gasteiger partial charge is 0.220 e. The van der Waals surface area contributed by atoms with E-state index in [0.29, 0.717) is 12.8 Å². The van der Waals surface area contributed by atoms with Gasteiger partial charge in [-0.25, -0.2) is 0 Å². The standard InChI is InChI=1S/C65H125NO18/c1-3-5-7-9-11-13-15-17-18-19-20-21-22-23-24-25-26-27-28-29-30-31-32-34-36-38-40-42-49(70)48(66-53(71)43-41-39-37-35-33-16-14-12-10-8-6-4-2)47-79-63-59(77)56(74)61(51(45-68)81-63)84-65-60(78)57(75)62(52(46-69)82-65)83-64-58(76)55(73)54(72)50(44-67)80-64/h48-52,54-65,67-70,72-78H,3-47H2,1-2H3,(H,66,71). The lowest BCUT2D eigenvalue weighted by Gasteiger charge is -2.48. The Bertz CT molecular complexity index is 1540. The largest absolute Gasteiger partial charge is 0.394 e. The van der Waals surface area contributed by atoms with Gasteiger partial charge in [0.05, 0.1) is 38.6 Å². The molecule has 3 rings (SSSR count). The van der Waals surface area contributed by atoms with E-state index in [1.807, 2.05) is 0 Å². The highest BCUT2D eigenvalue weighted by atomic mass is 16.8. The summed E-state index contributed by atoms with van der Waals surface area (Å²) < 4.78 is 34.4. The summed E-state index contributed by atoms with van der Waals surface area (Å²) in [6.07, 6.45) is 23.4. The SMILES string of the molecule is CCCCCCCCCCCCCCCCCCCCCCCCCCCCCC(O)C(COC1OC(CO)C(OC2OC(CO)C(OC3OC(CO)C(O)C(O)C3O)C(O)C2O)C(O)C1O)NC(=O)CCCCCCCCCCCCCC. The molecule has 0 bridgehead atoms. The molecular weight excluding hydrogens is 1080 g/mol. The van der Waals surface area contributed by atoms with E-state index in [9.17, 15) is 61.0 Å². The molecule has 84 heavy (non-hydrogen) atoms. The van der Waals surface area contributed by atoms with Crippen molar-refractivity contribution in [2.45, 2.75) is 381 Å². The van der Waals surface area contributed by atoms with E-state index in [4.69, 9.17) is 28.4 Å². The highest BCUT2D eigenvalue weighted by Gasteiger charge is 2.53. The molecule has 0 aromatic rings. The van der Waals surface area contributed by atoms with Gasteiger partial charge in [-0.15, -0.1) is 0 Å². The molecule has 3 heterocycles. The number of aliphatic hydroxyl groups is 11. The summed E-state index contributed by atoms with van der Waals surface area (Å²) >= 11 is 0. The van der Waals surface area contributed by atoms with Crippen LogP contribution < -0.4 is 5.32 Å². The minimum atomic E-state index is -1.97. The van der Waals surface area contributed by atoms with Gasteiger partial charge in [0.2, 0.25) is 5.91 Å². The maximum absolute atomic E-state index is 13.3. The average molecular weight is 1210 g/mol. The first-order chi connectivity index (χ1) is 40.8. The van der Waals surface area contributed by atoms with Crippen LogP contribution in [0.5, 0.6) is 0 Å². The molecule has 3 aliphatic heterocycles. The van der Waals surface area contributed by atoms with E-state index in [2.05, 4.69) is 19.2 Å². The quantitative estimate of drug-likeness (QED) is 0.0255. The summed E-state index contributed by atoms with van der Waals surface area (Å²) in [5.74, 6) is -0.239. The Balaban J connectivity index is 1.39. The molecule has 0 aromatic heterocycles. The molecule has 3 aliphatic rings. The maximum atomic E-state index is 13.3. The second-order valence-corrected chi connectivity index (χ2v) is 25.0. The third kappa shape index (κ3) is 31.0. The maximum Gasteiger partial charge on any atom is 0.220 e. The molecule has 19 heteroatoms. The van der Waals surface area contributed by atoms with Gasteiger partial charge < -0.3 is 89.9 Å². The number of hydrogen-bond donors (Lipinski definition) is 12. The molecule has 0 aliphatic carbocycles. The van der Waals surface area contributed by atoms with Crippen molar-refractivity contribution in [3.8, 4) is 0 Å². The van der Waals surface area contributed by atoms with Crippen LogP contribution in [0.15, 0.2) is 0 Å². The summed E-state index contributed by atoms with van der Waals surface area (Å²) in [6, 6.07) is -0.880.